The molecule has 0 radical (unpaired) electrons. The van der Waals surface area contributed by atoms with Crippen molar-refractivity contribution in [3.8, 4) is 17.2 Å². The van der Waals surface area contributed by atoms with Gasteiger partial charge in [-0.1, -0.05) is 29.8 Å². The van der Waals surface area contributed by atoms with E-state index >= 15 is 0 Å². The zero-order chi connectivity index (χ0) is 24.2. The number of rotatable bonds is 7. The standard InChI is InChI=1S/C26H28N6O3/c1-18-4-6-19(7-5-18)16-35-20-14-27-26(28-15-20)32-10-8-31(9-11-32)25-21-12-23(33-2)24(34-3)13-22(21)29-17-30-25/h4-7,12-15,17H,8-11,16H2,1-3H3. The maximum Gasteiger partial charge on any atom is 0.225 e. The van der Waals surface area contributed by atoms with Gasteiger partial charge in [0.2, 0.25) is 5.95 Å². The summed E-state index contributed by atoms with van der Waals surface area (Å²) in [6.45, 7) is 5.70. The van der Waals surface area contributed by atoms with E-state index in [1.165, 1.54) is 5.56 Å². The molecule has 1 aliphatic rings. The van der Waals surface area contributed by atoms with Crippen molar-refractivity contribution in [2.75, 3.05) is 50.2 Å². The van der Waals surface area contributed by atoms with E-state index in [1.54, 1.807) is 32.9 Å². The van der Waals surface area contributed by atoms with E-state index in [0.717, 1.165) is 48.5 Å². The molecule has 35 heavy (non-hydrogen) atoms. The molecule has 1 aliphatic heterocycles. The molecule has 5 rings (SSSR count). The Kier molecular flexibility index (Phi) is 6.47. The summed E-state index contributed by atoms with van der Waals surface area (Å²) in [5.41, 5.74) is 3.16. The molecular weight excluding hydrogens is 444 g/mol. The summed E-state index contributed by atoms with van der Waals surface area (Å²) in [7, 11) is 3.25. The summed E-state index contributed by atoms with van der Waals surface area (Å²) in [6, 6.07) is 12.1. The molecule has 0 atom stereocenters. The molecule has 0 aliphatic carbocycles. The maximum absolute atomic E-state index is 5.84. The van der Waals surface area contributed by atoms with E-state index in [9.17, 15) is 0 Å². The normalized spacial score (nSPS) is 13.7. The van der Waals surface area contributed by atoms with Crippen LogP contribution in [0.4, 0.5) is 11.8 Å². The average Bonchev–Trinajstić information content (AvgIpc) is 2.92. The monoisotopic (exact) mass is 472 g/mol. The Labute approximate surface area is 204 Å². The number of nitrogens with zero attached hydrogens (tertiary/aromatic N) is 6. The Morgan fingerprint density at radius 3 is 2.14 bits per heavy atom. The molecule has 0 bridgehead atoms. The first-order chi connectivity index (χ1) is 17.1. The Balaban J connectivity index is 1.23. The van der Waals surface area contributed by atoms with Crippen LogP contribution in [-0.2, 0) is 6.61 Å². The number of methoxy groups -OCH3 is 2. The van der Waals surface area contributed by atoms with Crippen LogP contribution in [0.3, 0.4) is 0 Å². The van der Waals surface area contributed by atoms with Crippen molar-refractivity contribution in [2.24, 2.45) is 0 Å². The summed E-state index contributed by atoms with van der Waals surface area (Å²) in [6.07, 6.45) is 5.06. The first-order valence-electron chi connectivity index (χ1n) is 11.5. The largest absolute Gasteiger partial charge is 0.493 e. The molecule has 2 aromatic carbocycles. The fourth-order valence-corrected chi connectivity index (χ4v) is 4.14. The van der Waals surface area contributed by atoms with Crippen molar-refractivity contribution in [1.82, 2.24) is 19.9 Å². The smallest absolute Gasteiger partial charge is 0.225 e. The Morgan fingerprint density at radius 2 is 1.46 bits per heavy atom. The molecule has 0 saturated carbocycles. The van der Waals surface area contributed by atoms with E-state index in [-0.39, 0.29) is 0 Å². The number of anilines is 2. The third kappa shape index (κ3) is 4.89. The molecule has 9 heteroatoms. The number of fused-ring (bicyclic) bond motifs is 1. The summed E-state index contributed by atoms with van der Waals surface area (Å²) in [5, 5.41) is 0.935. The van der Waals surface area contributed by atoms with Gasteiger partial charge in [0.15, 0.2) is 17.2 Å². The van der Waals surface area contributed by atoms with Crippen LogP contribution in [0.1, 0.15) is 11.1 Å². The van der Waals surface area contributed by atoms with Crippen LogP contribution in [0.15, 0.2) is 55.1 Å². The van der Waals surface area contributed by atoms with Gasteiger partial charge in [-0.3, -0.25) is 0 Å². The first kappa shape index (κ1) is 22.6. The zero-order valence-corrected chi connectivity index (χ0v) is 20.1. The number of aryl methyl sites for hydroxylation is 1. The van der Waals surface area contributed by atoms with E-state index < -0.39 is 0 Å². The maximum atomic E-state index is 5.84. The Bertz CT molecular complexity index is 1290. The van der Waals surface area contributed by atoms with Crippen LogP contribution in [0.25, 0.3) is 10.9 Å². The summed E-state index contributed by atoms with van der Waals surface area (Å²) >= 11 is 0. The molecule has 9 nitrogen and oxygen atoms in total. The van der Waals surface area contributed by atoms with Gasteiger partial charge in [-0.15, -0.1) is 0 Å². The molecule has 2 aromatic heterocycles. The lowest BCUT2D eigenvalue weighted by Gasteiger charge is -2.35. The minimum Gasteiger partial charge on any atom is -0.493 e. The number of hydrogen-bond donors (Lipinski definition) is 0. The summed E-state index contributed by atoms with van der Waals surface area (Å²) in [5.74, 6) is 3.55. The fourth-order valence-electron chi connectivity index (χ4n) is 4.14. The topological polar surface area (TPSA) is 85.7 Å². The van der Waals surface area contributed by atoms with Crippen molar-refractivity contribution in [3.63, 3.8) is 0 Å². The van der Waals surface area contributed by atoms with Crippen molar-refractivity contribution < 1.29 is 14.2 Å². The van der Waals surface area contributed by atoms with Gasteiger partial charge >= 0.3 is 0 Å². The minimum atomic E-state index is 0.491. The lowest BCUT2D eigenvalue weighted by molar-refractivity contribution is 0.303. The molecule has 0 N–H and O–H groups in total. The molecule has 180 valence electrons. The average molecular weight is 473 g/mol. The Morgan fingerprint density at radius 1 is 0.800 bits per heavy atom. The molecule has 4 aromatic rings. The highest BCUT2D eigenvalue weighted by molar-refractivity contribution is 5.92. The number of piperazine rings is 1. The van der Waals surface area contributed by atoms with Gasteiger partial charge in [-0.05, 0) is 18.6 Å². The van der Waals surface area contributed by atoms with Crippen molar-refractivity contribution >= 4 is 22.7 Å². The highest BCUT2D eigenvalue weighted by Crippen LogP contribution is 2.35. The van der Waals surface area contributed by atoms with Crippen LogP contribution in [0.2, 0.25) is 0 Å². The highest BCUT2D eigenvalue weighted by atomic mass is 16.5. The van der Waals surface area contributed by atoms with Gasteiger partial charge in [-0.2, -0.15) is 0 Å². The lowest BCUT2D eigenvalue weighted by atomic mass is 10.2. The second-order valence-electron chi connectivity index (χ2n) is 8.39. The van der Waals surface area contributed by atoms with E-state index in [4.69, 9.17) is 14.2 Å². The van der Waals surface area contributed by atoms with Crippen molar-refractivity contribution in [1.29, 1.82) is 0 Å². The second kappa shape index (κ2) is 10.0. The lowest BCUT2D eigenvalue weighted by Crippen LogP contribution is -2.47. The molecule has 3 heterocycles. The van der Waals surface area contributed by atoms with Crippen molar-refractivity contribution in [3.05, 3.63) is 66.2 Å². The van der Waals surface area contributed by atoms with E-state index in [1.807, 2.05) is 12.1 Å². The minimum absolute atomic E-state index is 0.491. The summed E-state index contributed by atoms with van der Waals surface area (Å²) in [4.78, 5) is 22.5. The first-order valence-corrected chi connectivity index (χ1v) is 11.5. The zero-order valence-electron chi connectivity index (χ0n) is 20.1. The van der Waals surface area contributed by atoms with Crippen LogP contribution >= 0.6 is 0 Å². The number of hydrogen-bond acceptors (Lipinski definition) is 9. The van der Waals surface area contributed by atoms with Crippen LogP contribution in [0, 0.1) is 6.92 Å². The number of benzene rings is 2. The van der Waals surface area contributed by atoms with Gasteiger partial charge in [-0.25, -0.2) is 19.9 Å². The fraction of sp³-hybridized carbons (Fsp3) is 0.308. The number of ether oxygens (including phenoxy) is 3. The van der Waals surface area contributed by atoms with Crippen LogP contribution < -0.4 is 24.0 Å². The quantitative estimate of drug-likeness (QED) is 0.400. The van der Waals surface area contributed by atoms with Gasteiger partial charge in [0, 0.05) is 37.6 Å². The van der Waals surface area contributed by atoms with Crippen molar-refractivity contribution in [2.45, 2.75) is 13.5 Å². The van der Waals surface area contributed by atoms with Crippen LogP contribution in [0.5, 0.6) is 17.2 Å². The Hall–Kier alpha value is -4.14. The molecule has 0 unspecified atom stereocenters. The van der Waals surface area contributed by atoms with Gasteiger partial charge in [0.05, 0.1) is 32.1 Å². The third-order valence-corrected chi connectivity index (χ3v) is 6.12. The SMILES string of the molecule is COc1cc2ncnc(N3CCN(c4ncc(OCc5ccc(C)cc5)cn4)CC3)c2cc1OC. The molecule has 1 saturated heterocycles. The van der Waals surface area contributed by atoms with Gasteiger partial charge < -0.3 is 24.0 Å². The van der Waals surface area contributed by atoms with Gasteiger partial charge in [0.1, 0.15) is 18.8 Å². The predicted octanol–water partition coefficient (Wildman–Crippen LogP) is 3.65. The highest BCUT2D eigenvalue weighted by Gasteiger charge is 2.22. The second-order valence-corrected chi connectivity index (χ2v) is 8.39. The van der Waals surface area contributed by atoms with E-state index in [0.29, 0.717) is 29.8 Å². The molecule has 0 spiro atoms. The number of aromatic nitrogens is 4. The third-order valence-electron chi connectivity index (χ3n) is 6.12. The summed E-state index contributed by atoms with van der Waals surface area (Å²) < 4.78 is 16.7. The molecule has 1 fully saturated rings. The van der Waals surface area contributed by atoms with Gasteiger partial charge in [0.25, 0.3) is 0 Å². The predicted molar refractivity (Wildman–Crippen MR) is 135 cm³/mol. The van der Waals surface area contributed by atoms with Crippen LogP contribution in [-0.4, -0.2) is 60.3 Å². The van der Waals surface area contributed by atoms with E-state index in [2.05, 4.69) is 60.9 Å². The molecule has 0 amide bonds. The molecular formula is C26H28N6O3.